The number of ketones is 1. The minimum absolute atomic E-state index is 0.0160. The van der Waals surface area contributed by atoms with E-state index in [0.29, 0.717) is 16.3 Å². The second-order valence-electron chi connectivity index (χ2n) is 9.89. The summed E-state index contributed by atoms with van der Waals surface area (Å²) in [6.45, 7) is 3.69. The zero-order valence-corrected chi connectivity index (χ0v) is 20.2. The summed E-state index contributed by atoms with van der Waals surface area (Å²) in [5.74, 6) is -1.84. The topological polar surface area (TPSA) is 58.2 Å². The fourth-order valence-electron chi connectivity index (χ4n) is 6.60. The molecule has 7 heteroatoms. The van der Waals surface area contributed by atoms with Gasteiger partial charge in [0.25, 0.3) is 0 Å². The van der Waals surface area contributed by atoms with Crippen molar-refractivity contribution < 1.29 is 14.0 Å². The second-order valence-corrected chi connectivity index (χ2v) is 10.7. The van der Waals surface area contributed by atoms with Crippen LogP contribution >= 0.6 is 23.2 Å². The van der Waals surface area contributed by atoms with Crippen LogP contribution in [0.2, 0.25) is 10.0 Å². The number of halogens is 3. The monoisotopic (exact) mass is 488 g/mol. The molecule has 1 aliphatic carbocycles. The lowest BCUT2D eigenvalue weighted by Crippen LogP contribution is -2.60. The summed E-state index contributed by atoms with van der Waals surface area (Å²) < 4.78 is 15.6. The lowest BCUT2D eigenvalue weighted by Gasteiger charge is -2.47. The molecule has 1 unspecified atom stereocenters. The number of nitrogens with one attached hydrogen (secondary N) is 2. The van der Waals surface area contributed by atoms with Gasteiger partial charge in [-0.05, 0) is 42.2 Å². The Morgan fingerprint density at radius 3 is 2.55 bits per heavy atom. The van der Waals surface area contributed by atoms with Gasteiger partial charge in [-0.3, -0.25) is 14.9 Å². The molecule has 1 saturated carbocycles. The van der Waals surface area contributed by atoms with Crippen LogP contribution in [-0.4, -0.2) is 23.3 Å². The number of hydrogen-bond acceptors (Lipinski definition) is 3. The molecule has 33 heavy (non-hydrogen) atoms. The highest BCUT2D eigenvalue weighted by molar-refractivity contribution is 6.31. The van der Waals surface area contributed by atoms with E-state index in [-0.39, 0.29) is 22.6 Å². The zero-order chi connectivity index (χ0) is 23.5. The molecule has 0 bridgehead atoms. The van der Waals surface area contributed by atoms with Crippen LogP contribution in [0.5, 0.6) is 0 Å². The molecule has 2 spiro atoms. The molecule has 1 saturated heterocycles. The lowest BCUT2D eigenvalue weighted by atomic mass is 9.55. The Morgan fingerprint density at radius 1 is 1.12 bits per heavy atom. The Balaban J connectivity index is 1.85. The minimum Gasteiger partial charge on any atom is -0.325 e. The first-order valence-electron chi connectivity index (χ1n) is 11.6. The van der Waals surface area contributed by atoms with Crippen molar-refractivity contribution in [2.24, 2.45) is 5.92 Å². The van der Waals surface area contributed by atoms with Crippen molar-refractivity contribution in [3.63, 3.8) is 0 Å². The summed E-state index contributed by atoms with van der Waals surface area (Å²) in [4.78, 5) is 27.7. The van der Waals surface area contributed by atoms with Crippen LogP contribution in [0.25, 0.3) is 0 Å². The van der Waals surface area contributed by atoms with Crippen molar-refractivity contribution in [3.05, 3.63) is 63.4 Å². The van der Waals surface area contributed by atoms with Crippen molar-refractivity contribution in [2.45, 2.75) is 68.9 Å². The Morgan fingerprint density at radius 2 is 1.85 bits per heavy atom. The van der Waals surface area contributed by atoms with Crippen molar-refractivity contribution in [1.82, 2.24) is 5.32 Å². The number of carbonyl (C=O) groups is 2. The van der Waals surface area contributed by atoms with Crippen molar-refractivity contribution in [3.8, 4) is 0 Å². The lowest BCUT2D eigenvalue weighted by molar-refractivity contribution is -0.124. The highest BCUT2D eigenvalue weighted by Crippen LogP contribution is 2.63. The van der Waals surface area contributed by atoms with Gasteiger partial charge in [0.15, 0.2) is 5.78 Å². The Labute approximate surface area is 203 Å². The molecule has 174 valence electrons. The number of rotatable bonds is 3. The van der Waals surface area contributed by atoms with E-state index in [2.05, 4.69) is 10.6 Å². The predicted octanol–water partition coefficient (Wildman–Crippen LogP) is 6.01. The van der Waals surface area contributed by atoms with E-state index in [1.54, 1.807) is 24.3 Å². The maximum absolute atomic E-state index is 15.6. The van der Waals surface area contributed by atoms with Crippen LogP contribution in [0.4, 0.5) is 10.1 Å². The molecule has 2 fully saturated rings. The fourth-order valence-corrected chi connectivity index (χ4v) is 6.95. The van der Waals surface area contributed by atoms with Gasteiger partial charge in [0.05, 0.1) is 11.1 Å². The van der Waals surface area contributed by atoms with Gasteiger partial charge in [0, 0.05) is 28.1 Å². The molecular formula is C26H27Cl2FN2O2. The smallest absolute Gasteiger partial charge is 0.237 e. The maximum Gasteiger partial charge on any atom is 0.237 e. The van der Waals surface area contributed by atoms with Crippen LogP contribution in [0, 0.1) is 11.7 Å². The standard InChI is InChI=1S/C26H27Cl2FN2O2/c1-14(2)23(32)22-20(16-7-6-8-18(28)21(16)29)26(25(31-22)11-4-3-5-12-25)17-10-9-15(27)13-19(17)30-24(26)33/h6-10,13-14,20,22,31H,3-5,11-12H2,1-2H3,(H,30,33)/t20?,22-,26-/m1/s1. The van der Waals surface area contributed by atoms with Gasteiger partial charge in [-0.25, -0.2) is 4.39 Å². The predicted molar refractivity (Wildman–Crippen MR) is 128 cm³/mol. The Bertz CT molecular complexity index is 1150. The molecule has 3 atom stereocenters. The SMILES string of the molecule is CC(C)C(=O)[C@@H]1NC2(CCCCC2)[C@@]2(C(=O)Nc3cc(Cl)ccc32)C1c1cccc(Cl)c1F. The average molecular weight is 489 g/mol. The third kappa shape index (κ3) is 3.12. The van der Waals surface area contributed by atoms with E-state index >= 15 is 4.39 Å². The minimum atomic E-state index is -1.16. The third-order valence-corrected chi connectivity index (χ3v) is 8.43. The highest BCUT2D eigenvalue weighted by atomic mass is 35.5. The summed E-state index contributed by atoms with van der Waals surface area (Å²) in [6.07, 6.45) is 4.37. The molecule has 2 aliphatic heterocycles. The van der Waals surface area contributed by atoms with E-state index < -0.39 is 28.7 Å². The van der Waals surface area contributed by atoms with Gasteiger partial charge in [0.1, 0.15) is 11.2 Å². The van der Waals surface area contributed by atoms with Gasteiger partial charge in [-0.1, -0.05) is 74.5 Å². The summed E-state index contributed by atoms with van der Waals surface area (Å²) in [7, 11) is 0. The molecule has 0 aromatic heterocycles. The first-order valence-corrected chi connectivity index (χ1v) is 12.4. The van der Waals surface area contributed by atoms with Crippen LogP contribution < -0.4 is 10.6 Å². The largest absolute Gasteiger partial charge is 0.325 e. The van der Waals surface area contributed by atoms with Gasteiger partial charge in [-0.2, -0.15) is 0 Å². The summed E-state index contributed by atoms with van der Waals surface area (Å²) >= 11 is 12.5. The van der Waals surface area contributed by atoms with E-state index in [1.165, 1.54) is 6.07 Å². The summed E-state index contributed by atoms with van der Waals surface area (Å²) in [5, 5.41) is 7.18. The number of benzene rings is 2. The molecule has 2 heterocycles. The normalized spacial score (nSPS) is 27.9. The summed E-state index contributed by atoms with van der Waals surface area (Å²) in [6, 6.07) is 9.50. The molecule has 1 amide bonds. The van der Waals surface area contributed by atoms with E-state index in [9.17, 15) is 9.59 Å². The van der Waals surface area contributed by atoms with E-state index in [0.717, 1.165) is 37.7 Å². The van der Waals surface area contributed by atoms with Crippen LogP contribution in [0.3, 0.4) is 0 Å². The number of carbonyl (C=O) groups excluding carboxylic acids is 2. The van der Waals surface area contributed by atoms with Gasteiger partial charge >= 0.3 is 0 Å². The Hall–Kier alpha value is -1.95. The van der Waals surface area contributed by atoms with E-state index in [1.807, 2.05) is 19.9 Å². The quantitative estimate of drug-likeness (QED) is 0.556. The van der Waals surface area contributed by atoms with Gasteiger partial charge < -0.3 is 5.32 Å². The second kappa shape index (κ2) is 8.07. The third-order valence-electron chi connectivity index (χ3n) is 7.90. The molecule has 3 aliphatic rings. The van der Waals surface area contributed by atoms with Crippen molar-refractivity contribution in [1.29, 1.82) is 0 Å². The fraction of sp³-hybridized carbons (Fsp3) is 0.462. The number of Topliss-reactive ketones (excluding diaryl/α,β-unsaturated/α-hetero) is 1. The number of amides is 1. The van der Waals surface area contributed by atoms with Crippen LogP contribution in [0.15, 0.2) is 36.4 Å². The molecule has 2 aromatic rings. The summed E-state index contributed by atoms with van der Waals surface area (Å²) in [5.41, 5.74) is -0.134. The van der Waals surface area contributed by atoms with Gasteiger partial charge in [-0.15, -0.1) is 0 Å². The molecular weight excluding hydrogens is 462 g/mol. The van der Waals surface area contributed by atoms with E-state index in [4.69, 9.17) is 23.2 Å². The number of fused-ring (bicyclic) bond motifs is 3. The molecule has 0 radical (unpaired) electrons. The highest BCUT2D eigenvalue weighted by Gasteiger charge is 2.72. The number of anilines is 1. The van der Waals surface area contributed by atoms with Crippen LogP contribution in [-0.2, 0) is 15.0 Å². The Kier molecular flexibility index (Phi) is 5.58. The van der Waals surface area contributed by atoms with Crippen molar-refractivity contribution >= 4 is 40.6 Å². The first-order chi connectivity index (χ1) is 15.7. The zero-order valence-electron chi connectivity index (χ0n) is 18.7. The number of hydrogen-bond donors (Lipinski definition) is 2. The molecule has 4 nitrogen and oxygen atoms in total. The average Bonchev–Trinajstić information content (AvgIpc) is 3.23. The van der Waals surface area contributed by atoms with Gasteiger partial charge in [0.2, 0.25) is 5.91 Å². The van der Waals surface area contributed by atoms with Crippen LogP contribution in [0.1, 0.15) is 63.0 Å². The molecule has 2 N–H and O–H groups in total. The molecule has 5 rings (SSSR count). The maximum atomic E-state index is 15.6. The van der Waals surface area contributed by atoms with Crippen molar-refractivity contribution in [2.75, 3.05) is 5.32 Å². The molecule has 2 aromatic carbocycles. The first kappa shape index (κ1) is 22.8.